The predicted octanol–water partition coefficient (Wildman–Crippen LogP) is 3.13. The van der Waals surface area contributed by atoms with Crippen LogP contribution in [0.3, 0.4) is 0 Å². The van der Waals surface area contributed by atoms with Crippen LogP contribution in [0.5, 0.6) is 5.75 Å². The molecule has 1 N–H and O–H groups in total. The van der Waals surface area contributed by atoms with Crippen molar-refractivity contribution in [3.05, 3.63) is 58.4 Å². The summed E-state index contributed by atoms with van der Waals surface area (Å²) in [7, 11) is 0. The number of alkyl halides is 2. The standard InChI is InChI=1S/C24H24F2N4O5/c1-23-11-24(12-23,13-34-23)18-9-29-8-15(17(7-19(29)28-18)35-14-4-6-33-10-14)20(31)27-16-3-2-5-30(21(16)32)22(25)26/h2-3,5,7-9,14,22H,4,6,10-13H2,1H3,(H,27,31). The number of hydrogen-bond acceptors (Lipinski definition) is 6. The van der Waals surface area contributed by atoms with E-state index in [1.807, 2.05) is 6.20 Å². The average Bonchev–Trinajstić information content (AvgIpc) is 3.57. The number of rotatable bonds is 6. The summed E-state index contributed by atoms with van der Waals surface area (Å²) in [5, 5.41) is 2.46. The summed E-state index contributed by atoms with van der Waals surface area (Å²) < 4.78 is 45.6. The highest BCUT2D eigenvalue weighted by atomic mass is 19.3. The summed E-state index contributed by atoms with van der Waals surface area (Å²) >= 11 is 0. The summed E-state index contributed by atoms with van der Waals surface area (Å²) in [5.41, 5.74) is 0.172. The molecule has 3 aromatic heterocycles. The van der Waals surface area contributed by atoms with Crippen molar-refractivity contribution in [3.63, 3.8) is 0 Å². The predicted molar refractivity (Wildman–Crippen MR) is 120 cm³/mol. The number of amides is 1. The van der Waals surface area contributed by atoms with E-state index >= 15 is 0 Å². The fraction of sp³-hybridized carbons (Fsp3) is 0.458. The van der Waals surface area contributed by atoms with E-state index in [1.165, 1.54) is 12.1 Å². The van der Waals surface area contributed by atoms with Gasteiger partial charge >= 0.3 is 6.55 Å². The van der Waals surface area contributed by atoms with Gasteiger partial charge in [-0.1, -0.05) is 0 Å². The van der Waals surface area contributed by atoms with E-state index < -0.39 is 18.0 Å². The number of imidazole rings is 1. The summed E-state index contributed by atoms with van der Waals surface area (Å²) in [6.07, 6.45) is 6.66. The topological polar surface area (TPSA) is 96.1 Å². The number of carbonyl (C=O) groups is 1. The third-order valence-corrected chi connectivity index (χ3v) is 7.08. The van der Waals surface area contributed by atoms with Crippen LogP contribution in [0.2, 0.25) is 0 Å². The van der Waals surface area contributed by atoms with Crippen LogP contribution in [0.15, 0.2) is 41.6 Å². The Bertz CT molecular complexity index is 1370. The van der Waals surface area contributed by atoms with Gasteiger partial charge in [-0.3, -0.25) is 14.2 Å². The zero-order chi connectivity index (χ0) is 24.4. The maximum atomic E-state index is 13.3. The maximum Gasteiger partial charge on any atom is 0.321 e. The van der Waals surface area contributed by atoms with Gasteiger partial charge in [-0.25, -0.2) is 4.98 Å². The van der Waals surface area contributed by atoms with Crippen LogP contribution in [0.25, 0.3) is 5.65 Å². The molecule has 0 spiro atoms. The molecule has 184 valence electrons. The molecule has 3 aromatic rings. The molecule has 11 heteroatoms. The molecule has 2 bridgehead atoms. The minimum atomic E-state index is -3.02. The molecule has 1 aliphatic carbocycles. The number of fused-ring (bicyclic) bond motifs is 2. The molecular weight excluding hydrogens is 462 g/mol. The van der Waals surface area contributed by atoms with Crippen LogP contribution in [-0.2, 0) is 14.9 Å². The number of pyridine rings is 2. The molecule has 4 aliphatic rings. The molecule has 9 nitrogen and oxygen atoms in total. The van der Waals surface area contributed by atoms with E-state index in [0.29, 0.717) is 31.9 Å². The lowest BCUT2D eigenvalue weighted by atomic mass is 9.62. The van der Waals surface area contributed by atoms with E-state index in [4.69, 9.17) is 19.2 Å². The lowest BCUT2D eigenvalue weighted by Crippen LogP contribution is -2.45. The van der Waals surface area contributed by atoms with E-state index in [-0.39, 0.29) is 38.7 Å². The molecule has 6 heterocycles. The quantitative estimate of drug-likeness (QED) is 0.575. The van der Waals surface area contributed by atoms with E-state index in [0.717, 1.165) is 24.7 Å². The third-order valence-electron chi connectivity index (χ3n) is 7.08. The van der Waals surface area contributed by atoms with Gasteiger partial charge in [-0.2, -0.15) is 8.78 Å². The second-order valence-electron chi connectivity index (χ2n) is 9.78. The molecule has 1 atom stereocenters. The first-order valence-electron chi connectivity index (χ1n) is 11.5. The van der Waals surface area contributed by atoms with E-state index in [1.54, 1.807) is 16.7 Å². The van der Waals surface area contributed by atoms with Crippen molar-refractivity contribution in [2.45, 2.75) is 49.9 Å². The Morgan fingerprint density at radius 2 is 2.17 bits per heavy atom. The van der Waals surface area contributed by atoms with Gasteiger partial charge in [-0.05, 0) is 31.9 Å². The Morgan fingerprint density at radius 3 is 2.86 bits per heavy atom. The second-order valence-corrected chi connectivity index (χ2v) is 9.78. The average molecular weight is 486 g/mol. The molecule has 7 rings (SSSR count). The van der Waals surface area contributed by atoms with Crippen LogP contribution >= 0.6 is 0 Å². The molecular formula is C24H24F2N4O5. The molecule has 4 fully saturated rings. The Balaban J connectivity index is 1.37. The molecule has 3 saturated heterocycles. The molecule has 35 heavy (non-hydrogen) atoms. The molecule has 1 amide bonds. The number of ether oxygens (including phenoxy) is 3. The highest BCUT2D eigenvalue weighted by molar-refractivity contribution is 6.06. The molecule has 1 saturated carbocycles. The molecule has 0 aromatic carbocycles. The monoisotopic (exact) mass is 486 g/mol. The van der Waals surface area contributed by atoms with Crippen LogP contribution < -0.4 is 15.6 Å². The zero-order valence-electron chi connectivity index (χ0n) is 19.0. The zero-order valence-corrected chi connectivity index (χ0v) is 19.0. The number of halogens is 2. The summed E-state index contributed by atoms with van der Waals surface area (Å²) in [6, 6.07) is 4.24. The normalized spacial score (nSPS) is 27.4. The van der Waals surface area contributed by atoms with Gasteiger partial charge in [0, 0.05) is 36.5 Å². The second kappa shape index (κ2) is 7.85. The minimum absolute atomic E-state index is 0.0988. The Morgan fingerprint density at radius 1 is 1.34 bits per heavy atom. The van der Waals surface area contributed by atoms with Crippen molar-refractivity contribution in [2.75, 3.05) is 25.1 Å². The smallest absolute Gasteiger partial charge is 0.321 e. The van der Waals surface area contributed by atoms with Gasteiger partial charge in [0.15, 0.2) is 0 Å². The number of anilines is 1. The fourth-order valence-corrected chi connectivity index (χ4v) is 5.42. The fourth-order valence-electron chi connectivity index (χ4n) is 5.42. The molecule has 3 aliphatic heterocycles. The van der Waals surface area contributed by atoms with Crippen LogP contribution in [-0.4, -0.2) is 51.4 Å². The highest BCUT2D eigenvalue weighted by Gasteiger charge is 2.61. The summed E-state index contributed by atoms with van der Waals surface area (Å²) in [6.45, 7) is 0.628. The Kier molecular flexibility index (Phi) is 4.98. The van der Waals surface area contributed by atoms with Crippen molar-refractivity contribution in [3.8, 4) is 5.75 Å². The SMILES string of the molecule is CC12CC(c3cn4cc(C(=O)Nc5cccn(C(F)F)c5=O)c(OC5CCOC5)cc4n3)(CO1)C2. The van der Waals surface area contributed by atoms with Crippen molar-refractivity contribution in [1.82, 2.24) is 14.0 Å². The van der Waals surface area contributed by atoms with Gasteiger partial charge in [0.05, 0.1) is 36.7 Å². The molecule has 0 radical (unpaired) electrons. The Labute approximate surface area is 198 Å². The number of aromatic nitrogens is 3. The van der Waals surface area contributed by atoms with Gasteiger partial charge in [-0.15, -0.1) is 0 Å². The maximum absolute atomic E-state index is 13.3. The first-order chi connectivity index (χ1) is 16.8. The van der Waals surface area contributed by atoms with Crippen LogP contribution in [0.4, 0.5) is 14.5 Å². The largest absolute Gasteiger partial charge is 0.487 e. The van der Waals surface area contributed by atoms with Crippen molar-refractivity contribution in [2.24, 2.45) is 0 Å². The van der Waals surface area contributed by atoms with Gasteiger partial charge in [0.2, 0.25) is 0 Å². The van der Waals surface area contributed by atoms with Crippen molar-refractivity contribution >= 4 is 17.2 Å². The van der Waals surface area contributed by atoms with Crippen molar-refractivity contribution in [1.29, 1.82) is 0 Å². The van der Waals surface area contributed by atoms with Crippen molar-refractivity contribution < 1.29 is 27.8 Å². The number of hydrogen-bond donors (Lipinski definition) is 1. The number of nitrogens with one attached hydrogen (secondary N) is 1. The third kappa shape index (κ3) is 3.69. The highest BCUT2D eigenvalue weighted by Crippen LogP contribution is 2.58. The number of carbonyl (C=O) groups excluding carboxylic acids is 1. The van der Waals surface area contributed by atoms with Gasteiger partial charge in [0.1, 0.15) is 23.2 Å². The summed E-state index contributed by atoms with van der Waals surface area (Å²) in [5.74, 6) is -0.370. The van der Waals surface area contributed by atoms with Gasteiger partial charge in [0.25, 0.3) is 11.5 Å². The first-order valence-corrected chi connectivity index (χ1v) is 11.5. The first kappa shape index (κ1) is 22.2. The Hall–Kier alpha value is -3.31. The minimum Gasteiger partial charge on any atom is -0.487 e. The lowest BCUT2D eigenvalue weighted by molar-refractivity contribution is 0.0154. The van der Waals surface area contributed by atoms with E-state index in [2.05, 4.69) is 12.2 Å². The molecule has 1 unspecified atom stereocenters. The number of nitrogens with zero attached hydrogens (tertiary/aromatic N) is 3. The summed E-state index contributed by atoms with van der Waals surface area (Å²) in [4.78, 5) is 30.4. The van der Waals surface area contributed by atoms with Gasteiger partial charge < -0.3 is 23.9 Å². The van der Waals surface area contributed by atoms with E-state index in [9.17, 15) is 18.4 Å². The lowest BCUT2D eigenvalue weighted by Gasteiger charge is -2.41. The van der Waals surface area contributed by atoms with Crippen LogP contribution in [0.1, 0.15) is 48.8 Å². The van der Waals surface area contributed by atoms with Crippen LogP contribution in [0, 0.1) is 0 Å².